The SMILES string of the molecule is O=C(NCC1CCCN1c1nc2ccccc2o1)c1ccc2nc[nH]c2c1. The Morgan fingerprint density at radius 2 is 2.19 bits per heavy atom. The number of H-pyrrole nitrogens is 1. The average Bonchev–Trinajstić information content (AvgIpc) is 3.43. The van der Waals surface area contributed by atoms with Gasteiger partial charge in [-0.05, 0) is 43.2 Å². The van der Waals surface area contributed by atoms with Crippen molar-refractivity contribution in [2.45, 2.75) is 18.9 Å². The fourth-order valence-corrected chi connectivity index (χ4v) is 3.67. The van der Waals surface area contributed by atoms with Gasteiger partial charge in [-0.1, -0.05) is 12.1 Å². The zero-order chi connectivity index (χ0) is 18.2. The van der Waals surface area contributed by atoms with E-state index in [1.165, 1.54) is 0 Å². The molecule has 0 spiro atoms. The van der Waals surface area contributed by atoms with E-state index in [2.05, 4.69) is 25.2 Å². The number of benzene rings is 2. The van der Waals surface area contributed by atoms with Crippen LogP contribution in [-0.2, 0) is 0 Å². The Balaban J connectivity index is 1.30. The lowest BCUT2D eigenvalue weighted by Crippen LogP contribution is -2.40. The predicted octanol–water partition coefficient (Wildman–Crippen LogP) is 3.10. The van der Waals surface area contributed by atoms with Gasteiger partial charge in [0.2, 0.25) is 0 Å². The summed E-state index contributed by atoms with van der Waals surface area (Å²) in [6.45, 7) is 1.44. The molecular weight excluding hydrogens is 342 g/mol. The zero-order valence-electron chi connectivity index (χ0n) is 14.7. The molecule has 7 nitrogen and oxygen atoms in total. The normalized spacial score (nSPS) is 17.0. The summed E-state index contributed by atoms with van der Waals surface area (Å²) in [6.07, 6.45) is 3.68. The second kappa shape index (κ2) is 6.42. The van der Waals surface area contributed by atoms with Crippen LogP contribution in [0.4, 0.5) is 6.01 Å². The molecule has 0 aliphatic carbocycles. The van der Waals surface area contributed by atoms with Gasteiger partial charge in [0.15, 0.2) is 5.58 Å². The van der Waals surface area contributed by atoms with Crippen molar-refractivity contribution in [3.63, 3.8) is 0 Å². The van der Waals surface area contributed by atoms with Crippen molar-refractivity contribution in [3.8, 4) is 0 Å². The minimum Gasteiger partial charge on any atom is -0.423 e. The second-order valence-corrected chi connectivity index (χ2v) is 6.80. The van der Waals surface area contributed by atoms with E-state index in [0.29, 0.717) is 18.1 Å². The number of nitrogens with one attached hydrogen (secondary N) is 2. The number of oxazole rings is 1. The maximum Gasteiger partial charge on any atom is 0.298 e. The summed E-state index contributed by atoms with van der Waals surface area (Å²) in [6, 6.07) is 14.0. The summed E-state index contributed by atoms with van der Waals surface area (Å²) in [5.74, 6) is -0.0871. The number of carbonyl (C=O) groups is 1. The molecule has 0 bridgehead atoms. The third kappa shape index (κ3) is 2.91. The second-order valence-electron chi connectivity index (χ2n) is 6.80. The fraction of sp³-hybridized carbons (Fsp3) is 0.250. The topological polar surface area (TPSA) is 87.1 Å². The summed E-state index contributed by atoms with van der Waals surface area (Å²) in [7, 11) is 0. The lowest BCUT2D eigenvalue weighted by Gasteiger charge is -2.23. The molecule has 2 aromatic heterocycles. The van der Waals surface area contributed by atoms with Crippen molar-refractivity contribution in [2.24, 2.45) is 0 Å². The number of aromatic amines is 1. The number of nitrogens with zero attached hydrogens (tertiary/aromatic N) is 3. The van der Waals surface area contributed by atoms with Crippen LogP contribution in [0, 0.1) is 0 Å². The Kier molecular flexibility index (Phi) is 3.78. The maximum atomic E-state index is 12.5. The van der Waals surface area contributed by atoms with Gasteiger partial charge in [-0.25, -0.2) is 4.98 Å². The first-order valence-corrected chi connectivity index (χ1v) is 9.11. The maximum absolute atomic E-state index is 12.5. The molecule has 1 amide bonds. The number of amides is 1. The largest absolute Gasteiger partial charge is 0.423 e. The molecule has 2 aromatic carbocycles. The Morgan fingerprint density at radius 3 is 3.11 bits per heavy atom. The molecule has 1 atom stereocenters. The molecule has 5 rings (SSSR count). The molecule has 3 heterocycles. The van der Waals surface area contributed by atoms with Gasteiger partial charge in [0, 0.05) is 18.7 Å². The van der Waals surface area contributed by atoms with Crippen molar-refractivity contribution in [1.29, 1.82) is 0 Å². The van der Waals surface area contributed by atoms with Gasteiger partial charge in [-0.2, -0.15) is 4.98 Å². The van der Waals surface area contributed by atoms with Gasteiger partial charge in [0.1, 0.15) is 5.52 Å². The van der Waals surface area contributed by atoms with E-state index in [0.717, 1.165) is 41.5 Å². The number of anilines is 1. The molecule has 2 N–H and O–H groups in total. The molecule has 1 fully saturated rings. The van der Waals surface area contributed by atoms with Crippen LogP contribution in [-0.4, -0.2) is 40.0 Å². The molecule has 0 radical (unpaired) electrons. The minimum absolute atomic E-state index is 0.0871. The van der Waals surface area contributed by atoms with Crippen molar-refractivity contribution >= 4 is 34.1 Å². The van der Waals surface area contributed by atoms with Crippen LogP contribution in [0.1, 0.15) is 23.2 Å². The van der Waals surface area contributed by atoms with Crippen molar-refractivity contribution in [2.75, 3.05) is 18.0 Å². The van der Waals surface area contributed by atoms with Gasteiger partial charge < -0.3 is 19.6 Å². The first-order chi connectivity index (χ1) is 13.3. The Hall–Kier alpha value is -3.35. The standard InChI is InChI=1S/C20H19N5O2/c26-19(13-7-8-15-17(10-13)23-12-22-15)21-11-14-4-3-9-25(14)20-24-16-5-1-2-6-18(16)27-20/h1-2,5-8,10,12,14H,3-4,9,11H2,(H,21,26)(H,22,23). The summed E-state index contributed by atoms with van der Waals surface area (Å²) in [4.78, 5) is 26.5. The van der Waals surface area contributed by atoms with E-state index in [1.807, 2.05) is 36.4 Å². The van der Waals surface area contributed by atoms with Crippen LogP contribution in [0.5, 0.6) is 0 Å². The molecule has 1 aliphatic heterocycles. The molecule has 1 aliphatic rings. The Labute approximate surface area is 155 Å². The highest BCUT2D eigenvalue weighted by Crippen LogP contribution is 2.28. The highest BCUT2D eigenvalue weighted by molar-refractivity contribution is 5.97. The monoisotopic (exact) mass is 361 g/mol. The first kappa shape index (κ1) is 15.9. The average molecular weight is 361 g/mol. The van der Waals surface area contributed by atoms with E-state index in [1.54, 1.807) is 12.4 Å². The van der Waals surface area contributed by atoms with E-state index in [-0.39, 0.29) is 11.9 Å². The van der Waals surface area contributed by atoms with Gasteiger partial charge in [0.05, 0.1) is 23.4 Å². The van der Waals surface area contributed by atoms with Gasteiger partial charge in [-0.15, -0.1) is 0 Å². The summed E-state index contributed by atoms with van der Waals surface area (Å²) >= 11 is 0. The number of fused-ring (bicyclic) bond motifs is 2. The number of rotatable bonds is 4. The van der Waals surface area contributed by atoms with Gasteiger partial charge >= 0.3 is 0 Å². The van der Waals surface area contributed by atoms with Crippen LogP contribution in [0.15, 0.2) is 53.2 Å². The van der Waals surface area contributed by atoms with Crippen LogP contribution in [0.3, 0.4) is 0 Å². The number of imidazole rings is 1. The van der Waals surface area contributed by atoms with E-state index in [4.69, 9.17) is 4.42 Å². The van der Waals surface area contributed by atoms with Crippen molar-refractivity contribution in [3.05, 3.63) is 54.4 Å². The molecule has 27 heavy (non-hydrogen) atoms. The third-order valence-corrected chi connectivity index (χ3v) is 5.09. The smallest absolute Gasteiger partial charge is 0.298 e. The van der Waals surface area contributed by atoms with Crippen LogP contribution in [0.25, 0.3) is 22.1 Å². The Bertz CT molecular complexity index is 1080. The number of carbonyl (C=O) groups excluding carboxylic acids is 1. The molecule has 0 saturated carbocycles. The van der Waals surface area contributed by atoms with E-state index >= 15 is 0 Å². The molecule has 1 saturated heterocycles. The van der Waals surface area contributed by atoms with Crippen LogP contribution in [0.2, 0.25) is 0 Å². The van der Waals surface area contributed by atoms with Gasteiger partial charge in [-0.3, -0.25) is 4.79 Å². The first-order valence-electron chi connectivity index (χ1n) is 9.11. The van der Waals surface area contributed by atoms with Crippen molar-refractivity contribution < 1.29 is 9.21 Å². The highest BCUT2D eigenvalue weighted by Gasteiger charge is 2.28. The number of aromatic nitrogens is 3. The lowest BCUT2D eigenvalue weighted by atomic mass is 10.1. The molecule has 1 unspecified atom stereocenters. The molecular formula is C20H19N5O2. The van der Waals surface area contributed by atoms with E-state index in [9.17, 15) is 4.79 Å². The third-order valence-electron chi connectivity index (χ3n) is 5.09. The highest BCUT2D eigenvalue weighted by atomic mass is 16.4. The molecule has 136 valence electrons. The zero-order valence-corrected chi connectivity index (χ0v) is 14.7. The number of hydrogen-bond acceptors (Lipinski definition) is 5. The quantitative estimate of drug-likeness (QED) is 0.583. The lowest BCUT2D eigenvalue weighted by molar-refractivity contribution is 0.0951. The van der Waals surface area contributed by atoms with Crippen molar-refractivity contribution in [1.82, 2.24) is 20.3 Å². The predicted molar refractivity (Wildman–Crippen MR) is 103 cm³/mol. The van der Waals surface area contributed by atoms with Gasteiger partial charge in [0.25, 0.3) is 11.9 Å². The molecule has 7 heteroatoms. The van der Waals surface area contributed by atoms with E-state index < -0.39 is 0 Å². The van der Waals surface area contributed by atoms with Crippen LogP contribution >= 0.6 is 0 Å². The van der Waals surface area contributed by atoms with Crippen LogP contribution < -0.4 is 10.2 Å². The fourth-order valence-electron chi connectivity index (χ4n) is 3.67. The number of para-hydroxylation sites is 2. The Morgan fingerprint density at radius 1 is 1.26 bits per heavy atom. The summed E-state index contributed by atoms with van der Waals surface area (Å²) < 4.78 is 5.90. The minimum atomic E-state index is -0.0871. The molecule has 4 aromatic rings. The number of hydrogen-bond donors (Lipinski definition) is 2. The summed E-state index contributed by atoms with van der Waals surface area (Å²) in [5, 5.41) is 3.05. The summed E-state index contributed by atoms with van der Waals surface area (Å²) in [5.41, 5.74) is 3.98.